The average molecular weight is 476 g/mol. The fraction of sp³-hybridized carbons (Fsp3) is 0.619. The minimum Gasteiger partial charge on any atom is -0.464 e. The number of nitrogens with one attached hydrogen (secondary N) is 1. The molecule has 6 nitrogen and oxygen atoms in total. The highest BCUT2D eigenvalue weighted by Gasteiger charge is 2.08. The first kappa shape index (κ1) is 27.1. The first-order chi connectivity index (χ1) is 14.2. The van der Waals surface area contributed by atoms with Gasteiger partial charge >= 0.3 is 5.97 Å². The first-order valence-corrected chi connectivity index (χ1v) is 14.6. The minimum absolute atomic E-state index is 0.168. The van der Waals surface area contributed by atoms with Crippen molar-refractivity contribution in [2.75, 3.05) is 32.7 Å². The van der Waals surface area contributed by atoms with Gasteiger partial charge < -0.3 is 19.5 Å². The van der Waals surface area contributed by atoms with E-state index in [1.165, 1.54) is 5.56 Å². The van der Waals surface area contributed by atoms with Gasteiger partial charge in [0, 0.05) is 23.9 Å². The molecular weight excluding hydrogens is 441 g/mol. The summed E-state index contributed by atoms with van der Waals surface area (Å²) in [5.41, 5.74) is 1.79. The van der Waals surface area contributed by atoms with Crippen molar-refractivity contribution in [2.45, 2.75) is 50.7 Å². The monoisotopic (exact) mass is 475 g/mol. The highest BCUT2D eigenvalue weighted by molar-refractivity contribution is 8.09. The molecule has 1 aromatic rings. The van der Waals surface area contributed by atoms with Crippen LogP contribution in [0.15, 0.2) is 24.3 Å². The summed E-state index contributed by atoms with van der Waals surface area (Å²) in [6, 6.07) is 7.56. The average Bonchev–Trinajstić information content (AvgIpc) is 2.71. The van der Waals surface area contributed by atoms with E-state index >= 15 is 0 Å². The number of benzene rings is 1. The summed E-state index contributed by atoms with van der Waals surface area (Å²) in [5.74, 6) is -0.409. The predicted octanol–water partition coefficient (Wildman–Crippen LogP) is 4.67. The summed E-state index contributed by atoms with van der Waals surface area (Å²) in [5, 5.41) is 3.16. The number of amides is 1. The maximum atomic E-state index is 12.1. The maximum absolute atomic E-state index is 12.1. The molecule has 0 spiro atoms. The van der Waals surface area contributed by atoms with Crippen LogP contribution in [-0.4, -0.2) is 49.4 Å². The summed E-state index contributed by atoms with van der Waals surface area (Å²) in [4.78, 5) is 33.2. The Balaban J connectivity index is 2.06. The molecule has 1 rings (SSSR count). The second-order valence-corrected chi connectivity index (χ2v) is 12.2. The third-order valence-corrected chi connectivity index (χ3v) is 6.46. The Morgan fingerprint density at radius 1 is 1.13 bits per heavy atom. The Morgan fingerprint density at radius 2 is 1.77 bits per heavy atom. The van der Waals surface area contributed by atoms with Crippen molar-refractivity contribution in [2.24, 2.45) is 0 Å². The van der Waals surface area contributed by atoms with E-state index in [1.54, 1.807) is 18.4 Å². The van der Waals surface area contributed by atoms with Crippen molar-refractivity contribution >= 4 is 41.9 Å². The lowest BCUT2D eigenvalue weighted by atomic mass is 10.1. The standard InChI is InChI=1S/C21H34NO5PS2/c1-17(30-3)18-10-12-19(13-11-18)21(24)22-14-16-26-20(23)9-7-5-4-6-8-15-27-28(2,25)29/h10-13,17H,4-9,14-16H2,1-3H3,(H,22,24)(H,25,29). The minimum atomic E-state index is -2.54. The van der Waals surface area contributed by atoms with Crippen molar-refractivity contribution in [3.8, 4) is 0 Å². The molecule has 0 aliphatic carbocycles. The summed E-state index contributed by atoms with van der Waals surface area (Å²) in [6.07, 6.45) is 6.99. The van der Waals surface area contributed by atoms with Crippen molar-refractivity contribution in [3.05, 3.63) is 35.4 Å². The van der Waals surface area contributed by atoms with E-state index in [0.717, 1.165) is 32.1 Å². The molecule has 1 amide bonds. The smallest absolute Gasteiger partial charge is 0.305 e. The molecule has 0 radical (unpaired) electrons. The van der Waals surface area contributed by atoms with Crippen LogP contribution >= 0.6 is 18.3 Å². The summed E-state index contributed by atoms with van der Waals surface area (Å²) >= 11 is 6.56. The van der Waals surface area contributed by atoms with Gasteiger partial charge in [-0.3, -0.25) is 9.59 Å². The number of unbranched alkanes of at least 4 members (excludes halogenated alkanes) is 4. The molecule has 9 heteroatoms. The highest BCUT2D eigenvalue weighted by atomic mass is 32.5. The normalized spacial score (nSPS) is 14.0. The first-order valence-electron chi connectivity index (χ1n) is 10.2. The van der Waals surface area contributed by atoms with Gasteiger partial charge in [-0.1, -0.05) is 31.4 Å². The molecule has 2 N–H and O–H groups in total. The van der Waals surface area contributed by atoms with Gasteiger partial charge in [-0.05, 0) is 55.5 Å². The number of esters is 1. The third kappa shape index (κ3) is 12.7. The second kappa shape index (κ2) is 15.0. The Kier molecular flexibility index (Phi) is 13.5. The van der Waals surface area contributed by atoms with Crippen LogP contribution < -0.4 is 5.32 Å². The van der Waals surface area contributed by atoms with Crippen LogP contribution in [0.2, 0.25) is 0 Å². The number of carbonyl (C=O) groups excluding carboxylic acids is 2. The number of carbonyl (C=O) groups is 2. The fourth-order valence-electron chi connectivity index (χ4n) is 2.68. The number of hydrogen-bond acceptors (Lipinski definition) is 6. The SMILES string of the molecule is CSC(C)c1ccc(C(=O)NCCOC(=O)CCCCCCCOP(C)(O)=S)cc1. The van der Waals surface area contributed by atoms with Gasteiger partial charge in [-0.25, -0.2) is 0 Å². The lowest BCUT2D eigenvalue weighted by molar-refractivity contribution is -0.143. The van der Waals surface area contributed by atoms with Crippen LogP contribution in [0.1, 0.15) is 66.6 Å². The Morgan fingerprint density at radius 3 is 2.40 bits per heavy atom. The van der Waals surface area contributed by atoms with E-state index in [2.05, 4.69) is 18.5 Å². The largest absolute Gasteiger partial charge is 0.464 e. The van der Waals surface area contributed by atoms with Gasteiger partial charge in [-0.2, -0.15) is 11.8 Å². The van der Waals surface area contributed by atoms with Gasteiger partial charge in [0.15, 0.2) is 6.49 Å². The molecule has 1 aromatic carbocycles. The molecule has 0 aliphatic heterocycles. The maximum Gasteiger partial charge on any atom is 0.305 e. The van der Waals surface area contributed by atoms with E-state index in [9.17, 15) is 14.5 Å². The number of ether oxygens (including phenoxy) is 1. The van der Waals surface area contributed by atoms with Gasteiger partial charge in [0.1, 0.15) is 6.61 Å². The topological polar surface area (TPSA) is 84.9 Å². The molecule has 0 saturated carbocycles. The van der Waals surface area contributed by atoms with Crippen LogP contribution in [0.4, 0.5) is 0 Å². The van der Waals surface area contributed by atoms with Crippen LogP contribution in [0.25, 0.3) is 0 Å². The third-order valence-electron chi connectivity index (χ3n) is 4.50. The van der Waals surface area contributed by atoms with Gasteiger partial charge in [0.2, 0.25) is 0 Å². The predicted molar refractivity (Wildman–Crippen MR) is 128 cm³/mol. The summed E-state index contributed by atoms with van der Waals surface area (Å²) < 4.78 is 10.3. The molecule has 0 saturated heterocycles. The number of rotatable bonds is 15. The molecule has 170 valence electrons. The number of hydrogen-bond donors (Lipinski definition) is 2. The zero-order valence-corrected chi connectivity index (χ0v) is 20.6. The quantitative estimate of drug-likeness (QED) is 0.217. The van der Waals surface area contributed by atoms with Crippen LogP contribution in [0.5, 0.6) is 0 Å². The fourth-order valence-corrected chi connectivity index (χ4v) is 3.80. The zero-order chi connectivity index (χ0) is 22.4. The lowest BCUT2D eigenvalue weighted by Crippen LogP contribution is -2.28. The van der Waals surface area contributed by atoms with E-state index in [1.807, 2.05) is 24.3 Å². The van der Waals surface area contributed by atoms with Crippen LogP contribution in [0.3, 0.4) is 0 Å². The molecule has 30 heavy (non-hydrogen) atoms. The van der Waals surface area contributed by atoms with E-state index < -0.39 is 6.49 Å². The van der Waals surface area contributed by atoms with E-state index in [4.69, 9.17) is 21.1 Å². The Hall–Kier alpha value is -0.920. The Labute approximate surface area is 189 Å². The molecular formula is C21H34NO5PS2. The molecule has 0 fully saturated rings. The van der Waals surface area contributed by atoms with Gasteiger partial charge in [-0.15, -0.1) is 0 Å². The molecule has 0 heterocycles. The summed E-state index contributed by atoms with van der Waals surface area (Å²) in [7, 11) is 0. The molecule has 2 atom stereocenters. The van der Waals surface area contributed by atoms with Crippen molar-refractivity contribution in [1.29, 1.82) is 0 Å². The van der Waals surface area contributed by atoms with Crippen molar-refractivity contribution in [1.82, 2.24) is 5.32 Å². The zero-order valence-electron chi connectivity index (χ0n) is 18.1. The van der Waals surface area contributed by atoms with Crippen LogP contribution in [0, 0.1) is 0 Å². The highest BCUT2D eigenvalue weighted by Crippen LogP contribution is 2.37. The Bertz CT molecular complexity index is 693. The summed E-state index contributed by atoms with van der Waals surface area (Å²) in [6.45, 7) is 2.09. The number of thioether (sulfide) groups is 1. The lowest BCUT2D eigenvalue weighted by Gasteiger charge is -2.10. The second-order valence-electron chi connectivity index (χ2n) is 7.13. The molecule has 2 unspecified atom stereocenters. The molecule has 0 aromatic heterocycles. The van der Waals surface area contributed by atoms with Crippen molar-refractivity contribution in [3.63, 3.8) is 0 Å². The van der Waals surface area contributed by atoms with Gasteiger partial charge in [0.25, 0.3) is 5.91 Å². The molecule has 0 bridgehead atoms. The van der Waals surface area contributed by atoms with Crippen molar-refractivity contribution < 1.29 is 23.7 Å². The van der Waals surface area contributed by atoms with Crippen LogP contribution in [-0.2, 0) is 25.9 Å². The van der Waals surface area contributed by atoms with E-state index in [0.29, 0.717) is 30.4 Å². The van der Waals surface area contributed by atoms with E-state index in [-0.39, 0.29) is 18.5 Å². The molecule has 0 aliphatic rings. The van der Waals surface area contributed by atoms with Gasteiger partial charge in [0.05, 0.1) is 13.2 Å².